The summed E-state index contributed by atoms with van der Waals surface area (Å²) in [5, 5.41) is 0. The number of hydrogen-bond donors (Lipinski definition) is 0. The highest BCUT2D eigenvalue weighted by molar-refractivity contribution is 6.62. The molecule has 2 heterocycles. The van der Waals surface area contributed by atoms with Crippen molar-refractivity contribution in [3.63, 3.8) is 0 Å². The molecule has 0 atom stereocenters. The Morgan fingerprint density at radius 1 is 1.05 bits per heavy atom. The number of likely N-dealkylation sites (tertiary alicyclic amines) is 1. The zero-order valence-corrected chi connectivity index (χ0v) is 13.7. The van der Waals surface area contributed by atoms with Gasteiger partial charge in [-0.3, -0.25) is 4.90 Å². The SMILES string of the molecule is CC1(C)OB(c2cccc(CN3CCCC3)c2)OC1(C)C. The molecular formula is C17H26BNO2. The van der Waals surface area contributed by atoms with Gasteiger partial charge in [0.05, 0.1) is 11.2 Å². The fourth-order valence-electron chi connectivity index (χ4n) is 3.02. The van der Waals surface area contributed by atoms with Gasteiger partial charge in [-0.2, -0.15) is 0 Å². The van der Waals surface area contributed by atoms with Crippen LogP contribution < -0.4 is 5.46 Å². The summed E-state index contributed by atoms with van der Waals surface area (Å²) in [6, 6.07) is 8.66. The third-order valence-electron chi connectivity index (χ3n) is 5.08. The van der Waals surface area contributed by atoms with Crippen molar-refractivity contribution in [3.05, 3.63) is 29.8 Å². The minimum Gasteiger partial charge on any atom is -0.399 e. The lowest BCUT2D eigenvalue weighted by Crippen LogP contribution is -2.41. The van der Waals surface area contributed by atoms with Gasteiger partial charge in [-0.05, 0) is 64.7 Å². The van der Waals surface area contributed by atoms with E-state index in [4.69, 9.17) is 9.31 Å². The number of nitrogens with zero attached hydrogens (tertiary/aromatic N) is 1. The van der Waals surface area contributed by atoms with Crippen LogP contribution in [-0.4, -0.2) is 36.3 Å². The number of benzene rings is 1. The second-order valence-corrected chi connectivity index (χ2v) is 7.32. The molecule has 3 rings (SSSR count). The Balaban J connectivity index is 1.74. The first-order valence-electron chi connectivity index (χ1n) is 8.04. The Morgan fingerprint density at radius 2 is 1.67 bits per heavy atom. The summed E-state index contributed by atoms with van der Waals surface area (Å²) in [6.07, 6.45) is 2.66. The Labute approximate surface area is 128 Å². The first-order chi connectivity index (χ1) is 9.87. The van der Waals surface area contributed by atoms with E-state index in [2.05, 4.69) is 56.9 Å². The summed E-state index contributed by atoms with van der Waals surface area (Å²) in [6.45, 7) is 11.9. The van der Waals surface area contributed by atoms with Crippen molar-refractivity contribution in [1.29, 1.82) is 0 Å². The lowest BCUT2D eigenvalue weighted by atomic mass is 9.78. The maximum absolute atomic E-state index is 6.14. The summed E-state index contributed by atoms with van der Waals surface area (Å²) >= 11 is 0. The first-order valence-corrected chi connectivity index (χ1v) is 8.04. The normalized spacial score (nSPS) is 24.7. The van der Waals surface area contributed by atoms with Gasteiger partial charge in [0.15, 0.2) is 0 Å². The van der Waals surface area contributed by atoms with Gasteiger partial charge < -0.3 is 9.31 Å². The topological polar surface area (TPSA) is 21.7 Å². The van der Waals surface area contributed by atoms with Gasteiger partial charge in [-0.15, -0.1) is 0 Å². The van der Waals surface area contributed by atoms with E-state index in [1.165, 1.54) is 31.5 Å². The van der Waals surface area contributed by atoms with Crippen molar-refractivity contribution in [3.8, 4) is 0 Å². The van der Waals surface area contributed by atoms with Crippen LogP contribution in [0, 0.1) is 0 Å². The lowest BCUT2D eigenvalue weighted by molar-refractivity contribution is 0.00578. The Morgan fingerprint density at radius 3 is 2.29 bits per heavy atom. The van der Waals surface area contributed by atoms with Gasteiger partial charge in [-0.25, -0.2) is 0 Å². The van der Waals surface area contributed by atoms with Crippen LogP contribution in [0.25, 0.3) is 0 Å². The fraction of sp³-hybridized carbons (Fsp3) is 0.647. The van der Waals surface area contributed by atoms with Gasteiger partial charge in [0.1, 0.15) is 0 Å². The predicted octanol–water partition coefficient (Wildman–Crippen LogP) is 2.58. The maximum Gasteiger partial charge on any atom is 0.494 e. The second-order valence-electron chi connectivity index (χ2n) is 7.32. The molecule has 2 aliphatic heterocycles. The van der Waals surface area contributed by atoms with E-state index < -0.39 is 0 Å². The minimum atomic E-state index is -0.275. The molecule has 0 N–H and O–H groups in total. The van der Waals surface area contributed by atoms with Crippen LogP contribution in [0.3, 0.4) is 0 Å². The van der Waals surface area contributed by atoms with Crippen LogP contribution in [0.2, 0.25) is 0 Å². The van der Waals surface area contributed by atoms with Crippen LogP contribution in [0.4, 0.5) is 0 Å². The molecule has 0 aliphatic carbocycles. The fourth-order valence-corrected chi connectivity index (χ4v) is 3.02. The second kappa shape index (κ2) is 5.42. The smallest absolute Gasteiger partial charge is 0.399 e. The van der Waals surface area contributed by atoms with E-state index in [0.29, 0.717) is 0 Å². The lowest BCUT2D eigenvalue weighted by Gasteiger charge is -2.32. The molecule has 1 aromatic carbocycles. The van der Waals surface area contributed by atoms with Crippen LogP contribution in [0.15, 0.2) is 24.3 Å². The van der Waals surface area contributed by atoms with Gasteiger partial charge in [0.2, 0.25) is 0 Å². The van der Waals surface area contributed by atoms with Gasteiger partial charge in [0.25, 0.3) is 0 Å². The zero-order valence-electron chi connectivity index (χ0n) is 13.7. The van der Waals surface area contributed by atoms with Crippen LogP contribution >= 0.6 is 0 Å². The molecule has 21 heavy (non-hydrogen) atoms. The molecule has 0 spiro atoms. The van der Waals surface area contributed by atoms with Crippen molar-refractivity contribution < 1.29 is 9.31 Å². The van der Waals surface area contributed by atoms with Crippen molar-refractivity contribution in [2.24, 2.45) is 0 Å². The van der Waals surface area contributed by atoms with E-state index in [9.17, 15) is 0 Å². The predicted molar refractivity (Wildman–Crippen MR) is 86.7 cm³/mol. The van der Waals surface area contributed by atoms with Crippen molar-refractivity contribution >= 4 is 12.6 Å². The zero-order chi connectivity index (χ0) is 15.1. The molecule has 0 radical (unpaired) electrons. The van der Waals surface area contributed by atoms with E-state index >= 15 is 0 Å². The molecule has 0 aromatic heterocycles. The van der Waals surface area contributed by atoms with Crippen LogP contribution in [-0.2, 0) is 15.9 Å². The molecule has 0 bridgehead atoms. The molecule has 1 aromatic rings. The number of hydrogen-bond acceptors (Lipinski definition) is 3. The molecule has 2 saturated heterocycles. The van der Waals surface area contributed by atoms with E-state index in [-0.39, 0.29) is 18.3 Å². The third kappa shape index (κ3) is 3.03. The molecule has 3 nitrogen and oxygen atoms in total. The van der Waals surface area contributed by atoms with E-state index in [1.54, 1.807) is 0 Å². The summed E-state index contributed by atoms with van der Waals surface area (Å²) in [5.41, 5.74) is 1.93. The van der Waals surface area contributed by atoms with Crippen LogP contribution in [0.1, 0.15) is 46.1 Å². The molecule has 2 fully saturated rings. The highest BCUT2D eigenvalue weighted by Gasteiger charge is 2.51. The van der Waals surface area contributed by atoms with Gasteiger partial charge >= 0.3 is 7.12 Å². The standard InChI is InChI=1S/C17H26BNO2/c1-16(2)17(3,4)21-18(20-16)15-9-7-8-14(12-15)13-19-10-5-6-11-19/h7-9,12H,5-6,10-11,13H2,1-4H3. The summed E-state index contributed by atoms with van der Waals surface area (Å²) in [4.78, 5) is 2.52. The first kappa shape index (κ1) is 15.1. The Hall–Kier alpha value is -0.835. The van der Waals surface area contributed by atoms with Crippen molar-refractivity contribution in [1.82, 2.24) is 4.90 Å². The van der Waals surface area contributed by atoms with E-state index in [1.807, 2.05) is 0 Å². The van der Waals surface area contributed by atoms with Gasteiger partial charge in [-0.1, -0.05) is 24.3 Å². The maximum atomic E-state index is 6.14. The minimum absolute atomic E-state index is 0.256. The Bertz CT molecular complexity index is 493. The highest BCUT2D eigenvalue weighted by atomic mass is 16.7. The monoisotopic (exact) mass is 287 g/mol. The van der Waals surface area contributed by atoms with Crippen molar-refractivity contribution in [2.45, 2.75) is 58.3 Å². The Kier molecular flexibility index (Phi) is 3.89. The average molecular weight is 287 g/mol. The van der Waals surface area contributed by atoms with Crippen LogP contribution in [0.5, 0.6) is 0 Å². The van der Waals surface area contributed by atoms with Crippen molar-refractivity contribution in [2.75, 3.05) is 13.1 Å². The summed E-state index contributed by atoms with van der Waals surface area (Å²) in [7, 11) is -0.256. The quantitative estimate of drug-likeness (QED) is 0.798. The molecular weight excluding hydrogens is 261 g/mol. The average Bonchev–Trinajstić information content (AvgIpc) is 2.97. The van der Waals surface area contributed by atoms with E-state index in [0.717, 1.165) is 12.0 Å². The summed E-state index contributed by atoms with van der Waals surface area (Å²) < 4.78 is 12.3. The molecule has 114 valence electrons. The number of rotatable bonds is 3. The molecule has 4 heteroatoms. The molecule has 0 unspecified atom stereocenters. The van der Waals surface area contributed by atoms with Gasteiger partial charge in [0, 0.05) is 6.54 Å². The molecule has 2 aliphatic rings. The molecule has 0 saturated carbocycles. The highest BCUT2D eigenvalue weighted by Crippen LogP contribution is 2.36. The third-order valence-corrected chi connectivity index (χ3v) is 5.08. The largest absolute Gasteiger partial charge is 0.494 e. The summed E-state index contributed by atoms with van der Waals surface area (Å²) in [5.74, 6) is 0. The molecule has 0 amide bonds.